The largest absolute Gasteiger partial charge is 0.368 e. The number of nitrogens with zero attached hydrogens (tertiary/aromatic N) is 5. The van der Waals surface area contributed by atoms with Gasteiger partial charge in [-0.05, 0) is 20.1 Å². The summed E-state index contributed by atoms with van der Waals surface area (Å²) < 4.78 is 0. The Bertz CT molecular complexity index is 369. The Morgan fingerprint density at radius 1 is 1.11 bits per heavy atom. The van der Waals surface area contributed by atoms with E-state index in [-0.39, 0.29) is 5.95 Å². The van der Waals surface area contributed by atoms with Crippen molar-refractivity contribution in [2.24, 2.45) is 0 Å². The van der Waals surface area contributed by atoms with Crippen LogP contribution in [0.3, 0.4) is 0 Å². The summed E-state index contributed by atoms with van der Waals surface area (Å²) in [6, 6.07) is 0. The molecule has 0 saturated carbocycles. The second kappa shape index (κ2) is 7.25. The zero-order chi connectivity index (χ0) is 13.5. The molecule has 0 spiro atoms. The summed E-state index contributed by atoms with van der Waals surface area (Å²) in [5, 5.41) is 0. The molecule has 0 atom stereocenters. The molecule has 0 amide bonds. The molecule has 1 aromatic heterocycles. The average molecular weight is 270 g/mol. The Labute approximate surface area is 113 Å². The standard InChI is InChI=1S/C11H22N6S/c1-5-17(6-2)11-14-9(12)13-10(15-11)16(3)7-8-18-4/h5-8H2,1-4H3,(H2,12,13,14,15). The molecule has 1 rings (SSSR count). The van der Waals surface area contributed by atoms with Gasteiger partial charge in [-0.3, -0.25) is 0 Å². The maximum Gasteiger partial charge on any atom is 0.231 e. The summed E-state index contributed by atoms with van der Waals surface area (Å²) in [5.74, 6) is 2.60. The lowest BCUT2D eigenvalue weighted by Gasteiger charge is -2.21. The highest BCUT2D eigenvalue weighted by atomic mass is 32.2. The minimum Gasteiger partial charge on any atom is -0.368 e. The van der Waals surface area contributed by atoms with Gasteiger partial charge in [-0.15, -0.1) is 0 Å². The SMILES string of the molecule is CCN(CC)c1nc(N)nc(N(C)CCSC)n1. The highest BCUT2D eigenvalue weighted by molar-refractivity contribution is 7.98. The number of nitrogen functional groups attached to an aromatic ring is 1. The normalized spacial score (nSPS) is 10.4. The second-order valence-electron chi connectivity index (χ2n) is 3.88. The van der Waals surface area contributed by atoms with Crippen molar-refractivity contribution >= 4 is 29.6 Å². The van der Waals surface area contributed by atoms with E-state index < -0.39 is 0 Å². The molecule has 0 bridgehead atoms. The van der Waals surface area contributed by atoms with E-state index in [2.05, 4.69) is 40.0 Å². The molecule has 0 saturated heterocycles. The molecule has 18 heavy (non-hydrogen) atoms. The van der Waals surface area contributed by atoms with E-state index in [1.807, 2.05) is 11.9 Å². The van der Waals surface area contributed by atoms with E-state index >= 15 is 0 Å². The Hall–Kier alpha value is -1.24. The summed E-state index contributed by atoms with van der Waals surface area (Å²) in [6.45, 7) is 6.74. The number of hydrogen-bond acceptors (Lipinski definition) is 7. The quantitative estimate of drug-likeness (QED) is 0.795. The van der Waals surface area contributed by atoms with Crippen LogP contribution in [0.4, 0.5) is 17.8 Å². The zero-order valence-corrected chi connectivity index (χ0v) is 12.4. The number of rotatable bonds is 7. The summed E-state index contributed by atoms with van der Waals surface area (Å²) >= 11 is 1.79. The second-order valence-corrected chi connectivity index (χ2v) is 4.87. The third-order valence-corrected chi connectivity index (χ3v) is 3.24. The molecule has 1 heterocycles. The fraction of sp³-hybridized carbons (Fsp3) is 0.727. The first kappa shape index (κ1) is 14.8. The van der Waals surface area contributed by atoms with Crippen LogP contribution in [0.15, 0.2) is 0 Å². The predicted molar refractivity (Wildman–Crippen MR) is 79.5 cm³/mol. The van der Waals surface area contributed by atoms with Crippen LogP contribution in [0.1, 0.15) is 13.8 Å². The van der Waals surface area contributed by atoms with E-state index in [0.717, 1.165) is 25.4 Å². The Morgan fingerprint density at radius 3 is 2.28 bits per heavy atom. The number of anilines is 3. The summed E-state index contributed by atoms with van der Waals surface area (Å²) in [7, 11) is 1.97. The molecule has 0 fully saturated rings. The van der Waals surface area contributed by atoms with Crippen LogP contribution in [-0.2, 0) is 0 Å². The van der Waals surface area contributed by atoms with Gasteiger partial charge in [0.2, 0.25) is 17.8 Å². The Kier molecular flexibility index (Phi) is 5.97. The first-order chi connectivity index (χ1) is 8.62. The van der Waals surface area contributed by atoms with Gasteiger partial charge in [0.05, 0.1) is 0 Å². The van der Waals surface area contributed by atoms with Gasteiger partial charge in [-0.25, -0.2) is 0 Å². The third-order valence-electron chi connectivity index (χ3n) is 2.65. The van der Waals surface area contributed by atoms with Gasteiger partial charge in [0.15, 0.2) is 0 Å². The molecular weight excluding hydrogens is 248 g/mol. The van der Waals surface area contributed by atoms with E-state index in [9.17, 15) is 0 Å². The molecule has 0 aliphatic rings. The highest BCUT2D eigenvalue weighted by Crippen LogP contribution is 2.14. The van der Waals surface area contributed by atoms with Crippen molar-refractivity contribution in [2.45, 2.75) is 13.8 Å². The van der Waals surface area contributed by atoms with Gasteiger partial charge in [-0.1, -0.05) is 0 Å². The van der Waals surface area contributed by atoms with Crippen LogP contribution in [0.5, 0.6) is 0 Å². The van der Waals surface area contributed by atoms with Gasteiger partial charge in [0.1, 0.15) is 0 Å². The summed E-state index contributed by atoms with van der Waals surface area (Å²) in [5.41, 5.74) is 5.75. The lowest BCUT2D eigenvalue weighted by atomic mass is 10.5. The third kappa shape index (κ3) is 3.90. The topological polar surface area (TPSA) is 71.2 Å². The minimum absolute atomic E-state index is 0.276. The van der Waals surface area contributed by atoms with Gasteiger partial charge >= 0.3 is 0 Å². The molecular formula is C11H22N6S. The zero-order valence-electron chi connectivity index (χ0n) is 11.6. The molecule has 0 aromatic carbocycles. The molecule has 0 unspecified atom stereocenters. The molecule has 1 aromatic rings. The molecule has 102 valence electrons. The Morgan fingerprint density at radius 2 is 1.72 bits per heavy atom. The maximum atomic E-state index is 5.75. The van der Waals surface area contributed by atoms with Crippen molar-refractivity contribution < 1.29 is 0 Å². The lowest BCUT2D eigenvalue weighted by Crippen LogP contribution is -2.28. The summed E-state index contributed by atoms with van der Waals surface area (Å²) in [4.78, 5) is 16.9. The van der Waals surface area contributed by atoms with Crippen molar-refractivity contribution in [3.63, 3.8) is 0 Å². The average Bonchev–Trinajstić information content (AvgIpc) is 2.36. The van der Waals surface area contributed by atoms with Crippen molar-refractivity contribution in [3.8, 4) is 0 Å². The van der Waals surface area contributed by atoms with Crippen LogP contribution in [0.2, 0.25) is 0 Å². The van der Waals surface area contributed by atoms with E-state index in [1.165, 1.54) is 0 Å². The fourth-order valence-corrected chi connectivity index (χ4v) is 1.97. The molecule has 0 aliphatic heterocycles. The number of aromatic nitrogens is 3. The van der Waals surface area contributed by atoms with Gasteiger partial charge in [0.25, 0.3) is 0 Å². The van der Waals surface area contributed by atoms with E-state index in [0.29, 0.717) is 11.9 Å². The number of nitrogens with two attached hydrogens (primary N) is 1. The van der Waals surface area contributed by atoms with Gasteiger partial charge < -0.3 is 15.5 Å². The predicted octanol–water partition coefficient (Wildman–Crippen LogP) is 1.10. The molecule has 2 N–H and O–H groups in total. The number of thioether (sulfide) groups is 1. The van der Waals surface area contributed by atoms with Crippen LogP contribution in [0.25, 0.3) is 0 Å². The van der Waals surface area contributed by atoms with Crippen molar-refractivity contribution in [1.29, 1.82) is 0 Å². The molecule has 7 heteroatoms. The molecule has 0 radical (unpaired) electrons. The van der Waals surface area contributed by atoms with Crippen LogP contribution >= 0.6 is 11.8 Å². The monoisotopic (exact) mass is 270 g/mol. The van der Waals surface area contributed by atoms with Gasteiger partial charge in [-0.2, -0.15) is 26.7 Å². The number of hydrogen-bond donors (Lipinski definition) is 1. The molecule has 0 aliphatic carbocycles. The summed E-state index contributed by atoms with van der Waals surface area (Å²) in [6.07, 6.45) is 2.08. The van der Waals surface area contributed by atoms with Crippen LogP contribution < -0.4 is 15.5 Å². The van der Waals surface area contributed by atoms with Crippen molar-refractivity contribution in [3.05, 3.63) is 0 Å². The first-order valence-electron chi connectivity index (χ1n) is 6.08. The van der Waals surface area contributed by atoms with Crippen LogP contribution in [-0.4, -0.2) is 53.6 Å². The minimum atomic E-state index is 0.276. The van der Waals surface area contributed by atoms with Crippen molar-refractivity contribution in [1.82, 2.24) is 15.0 Å². The first-order valence-corrected chi connectivity index (χ1v) is 7.48. The molecule has 6 nitrogen and oxygen atoms in total. The van der Waals surface area contributed by atoms with E-state index in [4.69, 9.17) is 5.73 Å². The van der Waals surface area contributed by atoms with Crippen LogP contribution in [0, 0.1) is 0 Å². The fourth-order valence-electron chi connectivity index (χ4n) is 1.52. The highest BCUT2D eigenvalue weighted by Gasteiger charge is 2.12. The lowest BCUT2D eigenvalue weighted by molar-refractivity contribution is 0.801. The van der Waals surface area contributed by atoms with Crippen molar-refractivity contribution in [2.75, 3.05) is 54.2 Å². The Balaban J connectivity index is 2.92. The smallest absolute Gasteiger partial charge is 0.231 e. The van der Waals surface area contributed by atoms with Gasteiger partial charge in [0, 0.05) is 32.4 Å². The van der Waals surface area contributed by atoms with E-state index in [1.54, 1.807) is 11.8 Å². The maximum absolute atomic E-state index is 5.75.